The normalized spacial score (nSPS) is 24.2. The average molecular weight is 379 g/mol. The molecule has 0 radical (unpaired) electrons. The van der Waals surface area contributed by atoms with Gasteiger partial charge >= 0.3 is 12.0 Å². The first-order valence-electron chi connectivity index (χ1n) is 9.41. The monoisotopic (exact) mass is 379 g/mol. The second-order valence-electron chi connectivity index (χ2n) is 7.12. The number of nitrogens with zero attached hydrogens (tertiary/aromatic N) is 1. The van der Waals surface area contributed by atoms with E-state index in [1.807, 2.05) is 11.8 Å². The molecular weight excluding hydrogens is 353 g/mol. The summed E-state index contributed by atoms with van der Waals surface area (Å²) in [6.45, 7) is 3.16. The maximum absolute atomic E-state index is 13.6. The Morgan fingerprint density at radius 2 is 2.11 bits per heavy atom. The Labute approximate surface area is 157 Å². The number of likely N-dealkylation sites (N-methyl/N-ethyl adjacent to an activating group) is 1. The van der Waals surface area contributed by atoms with Crippen LogP contribution >= 0.6 is 0 Å². The van der Waals surface area contributed by atoms with Gasteiger partial charge in [-0.25, -0.2) is 9.18 Å². The molecule has 1 aliphatic heterocycles. The summed E-state index contributed by atoms with van der Waals surface area (Å²) in [6, 6.07) is 3.97. The number of ether oxygens (including phenoxy) is 1. The van der Waals surface area contributed by atoms with Crippen LogP contribution in [0, 0.1) is 5.82 Å². The molecule has 2 aliphatic rings. The van der Waals surface area contributed by atoms with Crippen molar-refractivity contribution in [1.82, 2.24) is 15.5 Å². The highest BCUT2D eigenvalue weighted by molar-refractivity contribution is 5.75. The van der Waals surface area contributed by atoms with Crippen molar-refractivity contribution < 1.29 is 23.8 Å². The van der Waals surface area contributed by atoms with Gasteiger partial charge < -0.3 is 20.5 Å². The first-order chi connectivity index (χ1) is 13.0. The zero-order valence-corrected chi connectivity index (χ0v) is 15.4. The predicted octanol–water partition coefficient (Wildman–Crippen LogP) is 2.28. The Bertz CT molecular complexity index is 694. The zero-order valence-electron chi connectivity index (χ0n) is 15.4. The van der Waals surface area contributed by atoms with Crippen LogP contribution in [0.15, 0.2) is 18.2 Å². The minimum atomic E-state index is -0.840. The number of fused-ring (bicyclic) bond motifs is 1. The lowest BCUT2D eigenvalue weighted by Gasteiger charge is -2.42. The second kappa shape index (κ2) is 8.56. The van der Waals surface area contributed by atoms with Gasteiger partial charge in [-0.05, 0) is 50.4 Å². The summed E-state index contributed by atoms with van der Waals surface area (Å²) < 4.78 is 19.2. The van der Waals surface area contributed by atoms with Gasteiger partial charge in [0.15, 0.2) is 0 Å². The molecule has 1 unspecified atom stereocenters. The minimum Gasteiger partial charge on any atom is -0.493 e. The first-order valence-corrected chi connectivity index (χ1v) is 9.41. The van der Waals surface area contributed by atoms with Crippen LogP contribution in [-0.4, -0.2) is 53.8 Å². The van der Waals surface area contributed by atoms with Crippen molar-refractivity contribution in [3.63, 3.8) is 0 Å². The molecule has 1 aromatic carbocycles. The van der Waals surface area contributed by atoms with Crippen molar-refractivity contribution in [1.29, 1.82) is 0 Å². The van der Waals surface area contributed by atoms with Crippen molar-refractivity contribution in [2.45, 2.75) is 50.7 Å². The molecule has 1 fully saturated rings. The lowest BCUT2D eigenvalue weighted by atomic mass is 9.85. The molecule has 3 N–H and O–H groups in total. The van der Waals surface area contributed by atoms with Gasteiger partial charge in [-0.1, -0.05) is 6.92 Å². The molecule has 0 saturated heterocycles. The number of carbonyl (C=O) groups excluding carboxylic acids is 1. The third-order valence-corrected chi connectivity index (χ3v) is 5.26. The molecule has 8 heteroatoms. The summed E-state index contributed by atoms with van der Waals surface area (Å²) in [4.78, 5) is 25.2. The van der Waals surface area contributed by atoms with Crippen LogP contribution in [0.1, 0.15) is 44.2 Å². The molecule has 148 valence electrons. The standard InChI is InChI=1S/C19H26FN3O4/c1-2-23(11-18(24)25)14-9-13(10-14)21-19(26)22-16-4-3-7-27-17-6-5-12(20)8-15(16)17/h5-6,8,13-14,16H,2-4,7,9-11H2,1H3,(H,24,25)(H2,21,22,26). The number of carboxylic acids is 1. The van der Waals surface area contributed by atoms with Crippen LogP contribution in [0.2, 0.25) is 0 Å². The van der Waals surface area contributed by atoms with E-state index in [9.17, 15) is 14.0 Å². The molecule has 1 aliphatic carbocycles. The van der Waals surface area contributed by atoms with E-state index >= 15 is 0 Å². The number of carbonyl (C=O) groups is 2. The van der Waals surface area contributed by atoms with Gasteiger partial charge in [0.2, 0.25) is 0 Å². The SMILES string of the molecule is CCN(CC(=O)O)C1CC(NC(=O)NC2CCCOc3ccc(F)cc32)C1. The number of amides is 2. The molecule has 7 nitrogen and oxygen atoms in total. The Morgan fingerprint density at radius 3 is 2.81 bits per heavy atom. The molecule has 27 heavy (non-hydrogen) atoms. The van der Waals surface area contributed by atoms with E-state index in [1.165, 1.54) is 12.1 Å². The number of benzene rings is 1. The van der Waals surface area contributed by atoms with Crippen molar-refractivity contribution in [3.8, 4) is 5.75 Å². The Morgan fingerprint density at radius 1 is 1.33 bits per heavy atom. The predicted molar refractivity (Wildman–Crippen MR) is 97.2 cm³/mol. The van der Waals surface area contributed by atoms with E-state index in [1.54, 1.807) is 6.07 Å². The Kier molecular flexibility index (Phi) is 6.15. The van der Waals surface area contributed by atoms with Crippen LogP contribution in [0.25, 0.3) is 0 Å². The van der Waals surface area contributed by atoms with Crippen LogP contribution in [0.5, 0.6) is 5.75 Å². The van der Waals surface area contributed by atoms with E-state index in [4.69, 9.17) is 9.84 Å². The quantitative estimate of drug-likeness (QED) is 0.705. The number of nitrogens with one attached hydrogen (secondary N) is 2. The van der Waals surface area contributed by atoms with Gasteiger partial charge in [0.05, 0.1) is 19.2 Å². The van der Waals surface area contributed by atoms with Crippen LogP contribution in [0.4, 0.5) is 9.18 Å². The van der Waals surface area contributed by atoms with Gasteiger partial charge in [-0.2, -0.15) is 0 Å². The van der Waals surface area contributed by atoms with Gasteiger partial charge in [0, 0.05) is 17.6 Å². The number of aliphatic carboxylic acids is 1. The van der Waals surface area contributed by atoms with E-state index < -0.39 is 5.97 Å². The first kappa shape index (κ1) is 19.4. The van der Waals surface area contributed by atoms with E-state index in [-0.39, 0.29) is 36.5 Å². The van der Waals surface area contributed by atoms with Crippen molar-refractivity contribution in [3.05, 3.63) is 29.6 Å². The highest BCUT2D eigenvalue weighted by Gasteiger charge is 2.35. The highest BCUT2D eigenvalue weighted by atomic mass is 19.1. The topological polar surface area (TPSA) is 90.9 Å². The highest BCUT2D eigenvalue weighted by Crippen LogP contribution is 2.32. The largest absolute Gasteiger partial charge is 0.493 e. The molecule has 0 bridgehead atoms. The molecule has 1 aromatic rings. The third kappa shape index (κ3) is 4.88. The van der Waals surface area contributed by atoms with Gasteiger partial charge in [0.25, 0.3) is 0 Å². The third-order valence-electron chi connectivity index (χ3n) is 5.26. The van der Waals surface area contributed by atoms with Gasteiger partial charge in [-0.15, -0.1) is 0 Å². The van der Waals surface area contributed by atoms with Crippen LogP contribution in [0.3, 0.4) is 0 Å². The van der Waals surface area contributed by atoms with Gasteiger partial charge in [0.1, 0.15) is 11.6 Å². The van der Waals surface area contributed by atoms with Crippen molar-refractivity contribution >= 4 is 12.0 Å². The number of rotatable bonds is 6. The molecular formula is C19H26FN3O4. The summed E-state index contributed by atoms with van der Waals surface area (Å²) in [5.74, 6) is -0.589. The van der Waals surface area contributed by atoms with Gasteiger partial charge in [-0.3, -0.25) is 9.69 Å². The van der Waals surface area contributed by atoms with Crippen LogP contribution in [-0.2, 0) is 4.79 Å². The Hall–Kier alpha value is -2.35. The fourth-order valence-electron chi connectivity index (χ4n) is 3.76. The summed E-state index contributed by atoms with van der Waals surface area (Å²) in [7, 11) is 0. The Balaban J connectivity index is 1.52. The second-order valence-corrected chi connectivity index (χ2v) is 7.12. The lowest BCUT2D eigenvalue weighted by Crippen LogP contribution is -2.56. The summed E-state index contributed by atoms with van der Waals surface area (Å²) in [5, 5.41) is 14.8. The lowest BCUT2D eigenvalue weighted by molar-refractivity contribution is -0.139. The van der Waals surface area contributed by atoms with E-state index in [0.29, 0.717) is 30.9 Å². The number of carboxylic acid groups (broad SMARTS) is 1. The molecule has 0 aromatic heterocycles. The molecule has 0 spiro atoms. The summed E-state index contributed by atoms with van der Waals surface area (Å²) >= 11 is 0. The van der Waals surface area contributed by atoms with Crippen molar-refractivity contribution in [2.24, 2.45) is 0 Å². The maximum atomic E-state index is 13.6. The molecule has 3 rings (SSSR count). The fourth-order valence-corrected chi connectivity index (χ4v) is 3.76. The van der Waals surface area contributed by atoms with E-state index in [2.05, 4.69) is 10.6 Å². The van der Waals surface area contributed by atoms with Crippen molar-refractivity contribution in [2.75, 3.05) is 19.7 Å². The number of hydrogen-bond acceptors (Lipinski definition) is 4. The average Bonchev–Trinajstić information content (AvgIpc) is 2.78. The summed E-state index contributed by atoms with van der Waals surface area (Å²) in [5.41, 5.74) is 0.660. The number of urea groups is 1. The fraction of sp³-hybridized carbons (Fsp3) is 0.579. The zero-order chi connectivity index (χ0) is 19.4. The van der Waals surface area contributed by atoms with Crippen LogP contribution < -0.4 is 15.4 Å². The number of hydrogen-bond donors (Lipinski definition) is 3. The molecule has 1 atom stereocenters. The maximum Gasteiger partial charge on any atom is 0.317 e. The molecule has 1 heterocycles. The number of halogens is 1. The summed E-state index contributed by atoms with van der Waals surface area (Å²) in [6.07, 6.45) is 2.91. The molecule has 1 saturated carbocycles. The smallest absolute Gasteiger partial charge is 0.317 e. The molecule has 2 amide bonds. The minimum absolute atomic E-state index is 0.0184. The van der Waals surface area contributed by atoms with E-state index in [0.717, 1.165) is 19.3 Å².